The number of carbonyl (C=O) groups is 1. The molecular weight excluding hydrogens is 260 g/mol. The van der Waals surface area contributed by atoms with Crippen LogP contribution in [0.2, 0.25) is 0 Å². The first-order valence-corrected chi connectivity index (χ1v) is 8.45. The van der Waals surface area contributed by atoms with E-state index in [1.165, 1.54) is 16.9 Å². The highest BCUT2D eigenvalue weighted by atomic mass is 32.2. The molecule has 0 bridgehead atoms. The molecule has 1 nitrogen and oxygen atoms in total. The fourth-order valence-electron chi connectivity index (χ4n) is 2.30. The zero-order chi connectivity index (χ0) is 13.3. The minimum atomic E-state index is 0.129. The summed E-state index contributed by atoms with van der Waals surface area (Å²) >= 11 is 3.74. The lowest BCUT2D eigenvalue weighted by molar-refractivity contribution is 0.0989. The number of hydrogen-bond acceptors (Lipinski definition) is 3. The van der Waals surface area contributed by atoms with Gasteiger partial charge >= 0.3 is 0 Å². The van der Waals surface area contributed by atoms with Gasteiger partial charge in [-0.05, 0) is 43.5 Å². The van der Waals surface area contributed by atoms with Crippen LogP contribution in [0.15, 0.2) is 12.1 Å². The van der Waals surface area contributed by atoms with Gasteiger partial charge in [-0.15, -0.1) is 11.8 Å². The Labute approximate surface area is 118 Å². The first-order valence-electron chi connectivity index (χ1n) is 6.36. The maximum absolute atomic E-state index is 12.7. The van der Waals surface area contributed by atoms with Crippen LogP contribution < -0.4 is 0 Å². The Hall–Kier alpha value is -0.410. The molecule has 0 spiro atoms. The molecular formula is C15H20OS2. The molecule has 98 valence electrons. The summed E-state index contributed by atoms with van der Waals surface area (Å²) in [5.74, 6) is 2.58. The second kappa shape index (κ2) is 5.70. The maximum atomic E-state index is 12.7. The molecule has 0 aromatic heterocycles. The van der Waals surface area contributed by atoms with Crippen LogP contribution in [-0.4, -0.2) is 27.8 Å². The molecule has 0 saturated carbocycles. The highest BCUT2D eigenvalue weighted by molar-refractivity contribution is 8.07. The average Bonchev–Trinajstić information content (AvgIpc) is 2.33. The van der Waals surface area contributed by atoms with E-state index in [4.69, 9.17) is 0 Å². The van der Waals surface area contributed by atoms with Crippen molar-refractivity contribution in [2.24, 2.45) is 0 Å². The van der Waals surface area contributed by atoms with Gasteiger partial charge in [0.15, 0.2) is 5.78 Å². The topological polar surface area (TPSA) is 17.1 Å². The minimum Gasteiger partial charge on any atom is -0.293 e. The molecule has 2 atom stereocenters. The first-order chi connectivity index (χ1) is 8.50. The van der Waals surface area contributed by atoms with Crippen LogP contribution in [0.25, 0.3) is 0 Å². The molecule has 1 aliphatic rings. The molecule has 3 heteroatoms. The fourth-order valence-corrected chi connectivity index (χ4v) is 5.01. The van der Waals surface area contributed by atoms with Gasteiger partial charge in [-0.1, -0.05) is 13.0 Å². The van der Waals surface area contributed by atoms with E-state index >= 15 is 0 Å². The van der Waals surface area contributed by atoms with Crippen LogP contribution in [0.5, 0.6) is 0 Å². The van der Waals surface area contributed by atoms with E-state index in [0.29, 0.717) is 11.0 Å². The summed E-state index contributed by atoms with van der Waals surface area (Å²) < 4.78 is 0. The van der Waals surface area contributed by atoms with E-state index in [1.807, 2.05) is 30.4 Å². The standard InChI is InChI=1S/C15H20OS2/c1-9-7-11(3)13(8-10(9)2)14(16)15-12(4)17-5-6-18-15/h7-8,12,15H,5-6H2,1-4H3. The molecule has 1 aromatic carbocycles. The van der Waals surface area contributed by atoms with Gasteiger partial charge in [0.05, 0.1) is 5.25 Å². The fraction of sp³-hybridized carbons (Fsp3) is 0.533. The van der Waals surface area contributed by atoms with Gasteiger partial charge < -0.3 is 0 Å². The SMILES string of the molecule is Cc1cc(C)c(C(=O)C2SCCSC2C)cc1C. The normalized spacial score (nSPS) is 24.0. The van der Waals surface area contributed by atoms with Crippen molar-refractivity contribution >= 4 is 29.3 Å². The highest BCUT2D eigenvalue weighted by Crippen LogP contribution is 2.34. The van der Waals surface area contributed by atoms with E-state index < -0.39 is 0 Å². The smallest absolute Gasteiger partial charge is 0.177 e. The maximum Gasteiger partial charge on any atom is 0.177 e. The molecule has 1 fully saturated rings. The molecule has 2 rings (SSSR count). The van der Waals surface area contributed by atoms with Crippen LogP contribution in [-0.2, 0) is 0 Å². The van der Waals surface area contributed by atoms with Gasteiger partial charge in [0.2, 0.25) is 0 Å². The number of carbonyl (C=O) groups excluding carboxylic acids is 1. The van der Waals surface area contributed by atoms with E-state index in [9.17, 15) is 4.79 Å². The van der Waals surface area contributed by atoms with E-state index in [1.54, 1.807) is 0 Å². The van der Waals surface area contributed by atoms with Crippen LogP contribution in [0.3, 0.4) is 0 Å². The molecule has 1 aliphatic heterocycles. The molecule has 0 N–H and O–H groups in total. The van der Waals surface area contributed by atoms with Crippen molar-refractivity contribution in [1.29, 1.82) is 0 Å². The predicted molar refractivity (Wildman–Crippen MR) is 83.1 cm³/mol. The Kier molecular flexibility index (Phi) is 4.44. The highest BCUT2D eigenvalue weighted by Gasteiger charge is 2.30. The Morgan fingerprint density at radius 2 is 1.67 bits per heavy atom. The van der Waals surface area contributed by atoms with Crippen molar-refractivity contribution in [3.05, 3.63) is 34.4 Å². The number of Topliss-reactive ketones (excluding diaryl/α,β-unsaturated/α-hetero) is 1. The van der Waals surface area contributed by atoms with E-state index in [0.717, 1.165) is 16.9 Å². The van der Waals surface area contributed by atoms with Crippen LogP contribution in [0.1, 0.15) is 34.0 Å². The molecule has 18 heavy (non-hydrogen) atoms. The quantitative estimate of drug-likeness (QED) is 0.761. The molecule has 1 heterocycles. The Morgan fingerprint density at radius 1 is 1.06 bits per heavy atom. The number of aryl methyl sites for hydroxylation is 3. The Balaban J connectivity index is 2.30. The van der Waals surface area contributed by atoms with Gasteiger partial charge in [0, 0.05) is 22.3 Å². The van der Waals surface area contributed by atoms with Crippen molar-refractivity contribution in [2.45, 2.75) is 38.2 Å². The number of thioether (sulfide) groups is 2. The number of hydrogen-bond donors (Lipinski definition) is 0. The predicted octanol–water partition coefficient (Wildman–Crippen LogP) is 4.03. The van der Waals surface area contributed by atoms with Gasteiger partial charge in [0.1, 0.15) is 0 Å². The largest absolute Gasteiger partial charge is 0.293 e. The second-order valence-corrected chi connectivity index (χ2v) is 7.72. The summed E-state index contributed by atoms with van der Waals surface area (Å²) in [4.78, 5) is 12.7. The lowest BCUT2D eigenvalue weighted by Crippen LogP contribution is -2.31. The molecule has 0 radical (unpaired) electrons. The van der Waals surface area contributed by atoms with Gasteiger partial charge in [-0.2, -0.15) is 11.8 Å². The monoisotopic (exact) mass is 280 g/mol. The lowest BCUT2D eigenvalue weighted by atomic mass is 9.96. The van der Waals surface area contributed by atoms with Crippen molar-refractivity contribution in [3.8, 4) is 0 Å². The summed E-state index contributed by atoms with van der Waals surface area (Å²) in [6.45, 7) is 8.41. The molecule has 1 aromatic rings. The minimum absolute atomic E-state index is 0.129. The van der Waals surface area contributed by atoms with Crippen molar-refractivity contribution in [3.63, 3.8) is 0 Å². The zero-order valence-corrected chi connectivity index (χ0v) is 13.1. The lowest BCUT2D eigenvalue weighted by Gasteiger charge is -2.27. The summed E-state index contributed by atoms with van der Waals surface area (Å²) in [5, 5.41) is 0.557. The summed E-state index contributed by atoms with van der Waals surface area (Å²) in [7, 11) is 0. The van der Waals surface area contributed by atoms with Gasteiger partial charge in [-0.25, -0.2) is 0 Å². The second-order valence-electron chi connectivity index (χ2n) is 4.98. The zero-order valence-electron chi connectivity index (χ0n) is 11.4. The number of rotatable bonds is 2. The van der Waals surface area contributed by atoms with Crippen molar-refractivity contribution in [1.82, 2.24) is 0 Å². The molecule has 2 unspecified atom stereocenters. The summed E-state index contributed by atoms with van der Waals surface area (Å²) in [5.41, 5.74) is 4.52. The number of ketones is 1. The summed E-state index contributed by atoms with van der Waals surface area (Å²) in [6.07, 6.45) is 0. The van der Waals surface area contributed by atoms with E-state index in [2.05, 4.69) is 32.9 Å². The first kappa shape index (κ1) is 14.0. The van der Waals surface area contributed by atoms with Crippen LogP contribution in [0.4, 0.5) is 0 Å². The van der Waals surface area contributed by atoms with E-state index in [-0.39, 0.29) is 5.25 Å². The van der Waals surface area contributed by atoms with Crippen LogP contribution >= 0.6 is 23.5 Å². The van der Waals surface area contributed by atoms with Crippen molar-refractivity contribution in [2.75, 3.05) is 11.5 Å². The molecule has 1 saturated heterocycles. The third-order valence-corrected chi connectivity index (χ3v) is 6.64. The van der Waals surface area contributed by atoms with Crippen LogP contribution in [0, 0.1) is 20.8 Å². The third kappa shape index (κ3) is 2.77. The van der Waals surface area contributed by atoms with Gasteiger partial charge in [0.25, 0.3) is 0 Å². The van der Waals surface area contributed by atoms with Crippen molar-refractivity contribution < 1.29 is 4.79 Å². The number of benzene rings is 1. The average molecular weight is 280 g/mol. The molecule has 0 aliphatic carbocycles. The Morgan fingerprint density at radius 3 is 2.33 bits per heavy atom. The van der Waals surface area contributed by atoms with Gasteiger partial charge in [-0.3, -0.25) is 4.79 Å². The Bertz CT molecular complexity index is 468. The molecule has 0 amide bonds. The summed E-state index contributed by atoms with van der Waals surface area (Å²) in [6, 6.07) is 4.20. The third-order valence-electron chi connectivity index (χ3n) is 3.55.